The molecule has 0 spiro atoms. The molecular weight excluding hydrogens is 380 g/mol. The molecule has 1 heterocycles. The predicted octanol–water partition coefficient (Wildman–Crippen LogP) is 4.70. The van der Waals surface area contributed by atoms with Crippen LogP contribution in [0.1, 0.15) is 23.0 Å². The number of benzene rings is 2. The van der Waals surface area contributed by atoms with Gasteiger partial charge in [-0.05, 0) is 50.2 Å². The summed E-state index contributed by atoms with van der Waals surface area (Å²) < 4.78 is 17.7. The highest BCUT2D eigenvalue weighted by Gasteiger charge is 2.25. The van der Waals surface area contributed by atoms with Crippen LogP contribution >= 0.6 is 11.6 Å². The number of carbonyl (C=O) groups excluding carboxylic acids is 1. The van der Waals surface area contributed by atoms with Crippen LogP contribution in [0.15, 0.2) is 42.5 Å². The SMILES string of the molecule is CCOC(=O)c1nn(-c2ccc(Cl)cc2)c(-c2ccc(OC)cc2OC)c1C. The van der Waals surface area contributed by atoms with E-state index in [1.807, 2.05) is 31.2 Å². The van der Waals surface area contributed by atoms with Crippen LogP contribution in [0.2, 0.25) is 5.02 Å². The first-order chi connectivity index (χ1) is 13.5. The third-order valence-electron chi connectivity index (χ3n) is 4.33. The first kappa shape index (κ1) is 19.8. The Morgan fingerprint density at radius 1 is 1.11 bits per heavy atom. The maximum atomic E-state index is 12.4. The fourth-order valence-electron chi connectivity index (χ4n) is 2.97. The average Bonchev–Trinajstić information content (AvgIpc) is 3.05. The Kier molecular flexibility index (Phi) is 5.90. The lowest BCUT2D eigenvalue weighted by molar-refractivity contribution is 0.0518. The largest absolute Gasteiger partial charge is 0.497 e. The van der Waals surface area contributed by atoms with E-state index in [0.29, 0.717) is 22.1 Å². The van der Waals surface area contributed by atoms with E-state index in [2.05, 4.69) is 5.10 Å². The van der Waals surface area contributed by atoms with Gasteiger partial charge in [0.1, 0.15) is 11.5 Å². The van der Waals surface area contributed by atoms with E-state index in [4.69, 9.17) is 25.8 Å². The molecule has 0 amide bonds. The predicted molar refractivity (Wildman–Crippen MR) is 108 cm³/mol. The van der Waals surface area contributed by atoms with Crippen LogP contribution in [0.3, 0.4) is 0 Å². The number of hydrogen-bond acceptors (Lipinski definition) is 5. The Morgan fingerprint density at radius 3 is 2.43 bits per heavy atom. The van der Waals surface area contributed by atoms with Crippen molar-refractivity contribution in [3.63, 3.8) is 0 Å². The number of carbonyl (C=O) groups is 1. The van der Waals surface area contributed by atoms with E-state index in [1.54, 1.807) is 44.0 Å². The summed E-state index contributed by atoms with van der Waals surface area (Å²) in [7, 11) is 3.18. The number of nitrogens with zero attached hydrogens (tertiary/aromatic N) is 2. The van der Waals surface area contributed by atoms with Gasteiger partial charge in [-0.2, -0.15) is 5.10 Å². The lowest BCUT2D eigenvalue weighted by Gasteiger charge is -2.13. The molecule has 6 nitrogen and oxygen atoms in total. The molecule has 3 rings (SSSR count). The van der Waals surface area contributed by atoms with Gasteiger partial charge in [0.2, 0.25) is 0 Å². The molecule has 0 bridgehead atoms. The van der Waals surface area contributed by atoms with Crippen molar-refractivity contribution in [2.45, 2.75) is 13.8 Å². The third-order valence-corrected chi connectivity index (χ3v) is 4.58. The molecule has 0 aliphatic rings. The van der Waals surface area contributed by atoms with Gasteiger partial charge in [0, 0.05) is 22.2 Å². The molecule has 2 aromatic carbocycles. The van der Waals surface area contributed by atoms with Gasteiger partial charge in [-0.1, -0.05) is 11.6 Å². The highest BCUT2D eigenvalue weighted by Crippen LogP contribution is 2.37. The monoisotopic (exact) mass is 400 g/mol. The number of aromatic nitrogens is 2. The summed E-state index contributed by atoms with van der Waals surface area (Å²) in [5.74, 6) is 0.802. The molecule has 1 aromatic heterocycles. The molecule has 0 N–H and O–H groups in total. The highest BCUT2D eigenvalue weighted by molar-refractivity contribution is 6.30. The van der Waals surface area contributed by atoms with Crippen molar-refractivity contribution in [3.8, 4) is 28.4 Å². The molecular formula is C21H21ClN2O4. The smallest absolute Gasteiger partial charge is 0.359 e. The normalized spacial score (nSPS) is 10.6. The first-order valence-corrected chi connectivity index (χ1v) is 9.13. The first-order valence-electron chi connectivity index (χ1n) is 8.75. The Morgan fingerprint density at radius 2 is 1.82 bits per heavy atom. The number of methoxy groups -OCH3 is 2. The highest BCUT2D eigenvalue weighted by atomic mass is 35.5. The van der Waals surface area contributed by atoms with E-state index >= 15 is 0 Å². The van der Waals surface area contributed by atoms with Crippen LogP contribution in [-0.2, 0) is 4.74 Å². The molecule has 0 unspecified atom stereocenters. The van der Waals surface area contributed by atoms with Crippen molar-refractivity contribution >= 4 is 17.6 Å². The van der Waals surface area contributed by atoms with Crippen LogP contribution in [0.5, 0.6) is 11.5 Å². The van der Waals surface area contributed by atoms with E-state index < -0.39 is 5.97 Å². The number of rotatable bonds is 6. The lowest BCUT2D eigenvalue weighted by atomic mass is 10.0. The number of ether oxygens (including phenoxy) is 3. The minimum atomic E-state index is -0.471. The fourth-order valence-corrected chi connectivity index (χ4v) is 3.09. The van der Waals surface area contributed by atoms with Crippen LogP contribution < -0.4 is 9.47 Å². The second-order valence-electron chi connectivity index (χ2n) is 6.00. The van der Waals surface area contributed by atoms with Crippen LogP contribution in [0, 0.1) is 6.92 Å². The van der Waals surface area contributed by atoms with Gasteiger partial charge < -0.3 is 14.2 Å². The number of esters is 1. The van der Waals surface area contributed by atoms with E-state index in [9.17, 15) is 4.79 Å². The van der Waals surface area contributed by atoms with Crippen molar-refractivity contribution < 1.29 is 19.0 Å². The molecule has 0 radical (unpaired) electrons. The quantitative estimate of drug-likeness (QED) is 0.561. The Balaban J connectivity index is 2.26. The van der Waals surface area contributed by atoms with Crippen molar-refractivity contribution in [1.29, 1.82) is 0 Å². The maximum Gasteiger partial charge on any atom is 0.359 e. The van der Waals surface area contributed by atoms with Gasteiger partial charge in [-0.15, -0.1) is 0 Å². The van der Waals surface area contributed by atoms with Crippen LogP contribution in [0.25, 0.3) is 16.9 Å². The van der Waals surface area contributed by atoms with E-state index in [-0.39, 0.29) is 12.3 Å². The Bertz CT molecular complexity index is 996. The van der Waals surface area contributed by atoms with Gasteiger partial charge in [0.15, 0.2) is 5.69 Å². The van der Waals surface area contributed by atoms with Gasteiger partial charge in [0.25, 0.3) is 0 Å². The van der Waals surface area contributed by atoms with Crippen molar-refractivity contribution in [1.82, 2.24) is 9.78 Å². The zero-order chi connectivity index (χ0) is 20.3. The molecule has 28 heavy (non-hydrogen) atoms. The molecule has 3 aromatic rings. The molecule has 7 heteroatoms. The van der Waals surface area contributed by atoms with E-state index in [1.165, 1.54) is 0 Å². The summed E-state index contributed by atoms with van der Waals surface area (Å²) in [5, 5.41) is 5.15. The lowest BCUT2D eigenvalue weighted by Crippen LogP contribution is -2.07. The maximum absolute atomic E-state index is 12.4. The minimum Gasteiger partial charge on any atom is -0.497 e. The van der Waals surface area contributed by atoms with Gasteiger partial charge >= 0.3 is 5.97 Å². The van der Waals surface area contributed by atoms with Crippen molar-refractivity contribution in [3.05, 3.63) is 58.7 Å². The zero-order valence-electron chi connectivity index (χ0n) is 16.2. The molecule has 0 fully saturated rings. The zero-order valence-corrected chi connectivity index (χ0v) is 16.9. The van der Waals surface area contributed by atoms with Crippen molar-refractivity contribution in [2.75, 3.05) is 20.8 Å². The van der Waals surface area contributed by atoms with E-state index in [0.717, 1.165) is 16.9 Å². The van der Waals surface area contributed by atoms with Crippen LogP contribution in [0.4, 0.5) is 0 Å². The summed E-state index contributed by atoms with van der Waals surface area (Å²) in [5.41, 5.74) is 3.21. The average molecular weight is 401 g/mol. The second-order valence-corrected chi connectivity index (χ2v) is 6.43. The summed E-state index contributed by atoms with van der Waals surface area (Å²) in [6, 6.07) is 12.7. The molecule has 0 saturated carbocycles. The topological polar surface area (TPSA) is 62.6 Å². The van der Waals surface area contributed by atoms with Crippen LogP contribution in [-0.4, -0.2) is 36.6 Å². The molecule has 0 aliphatic carbocycles. The summed E-state index contributed by atoms with van der Waals surface area (Å²) in [6.45, 7) is 3.87. The third kappa shape index (κ3) is 3.68. The Hall–Kier alpha value is -2.99. The molecule has 0 aliphatic heterocycles. The summed E-state index contributed by atoms with van der Waals surface area (Å²) in [6.07, 6.45) is 0. The van der Waals surface area contributed by atoms with Crippen molar-refractivity contribution in [2.24, 2.45) is 0 Å². The molecule has 0 saturated heterocycles. The minimum absolute atomic E-state index is 0.254. The number of halogens is 1. The van der Waals surface area contributed by atoms with Gasteiger partial charge in [0.05, 0.1) is 32.2 Å². The molecule has 0 atom stereocenters. The molecule has 146 valence electrons. The van der Waals surface area contributed by atoms with Gasteiger partial charge in [-0.25, -0.2) is 9.48 Å². The van der Waals surface area contributed by atoms with Gasteiger partial charge in [-0.3, -0.25) is 0 Å². The standard InChI is InChI=1S/C21H21ClN2O4/c1-5-28-21(25)19-13(2)20(17-11-10-16(26-3)12-18(17)27-4)24(23-19)15-8-6-14(22)7-9-15/h6-12H,5H2,1-4H3. The number of hydrogen-bond donors (Lipinski definition) is 0. The Labute approximate surface area is 168 Å². The summed E-state index contributed by atoms with van der Waals surface area (Å²) >= 11 is 6.03. The fraction of sp³-hybridized carbons (Fsp3) is 0.238. The summed E-state index contributed by atoms with van der Waals surface area (Å²) in [4.78, 5) is 12.4. The second kappa shape index (κ2) is 8.35.